The average molecular weight is 740 g/mol. The van der Waals surface area contributed by atoms with Crippen LogP contribution in [0.25, 0.3) is 11.1 Å². The van der Waals surface area contributed by atoms with Crippen molar-refractivity contribution in [3.05, 3.63) is 89.0 Å². The van der Waals surface area contributed by atoms with E-state index in [9.17, 15) is 0 Å². The first-order valence-electron chi connectivity index (χ1n) is 17.7. The van der Waals surface area contributed by atoms with E-state index in [2.05, 4.69) is 112 Å². The molecule has 5 rings (SSSR count). The van der Waals surface area contributed by atoms with Gasteiger partial charge in [0.25, 0.3) is 0 Å². The van der Waals surface area contributed by atoms with Gasteiger partial charge in [-0.15, -0.1) is 0 Å². The van der Waals surface area contributed by atoms with Crippen LogP contribution in [0.3, 0.4) is 0 Å². The Morgan fingerprint density at radius 3 is 1.69 bits per heavy atom. The Balaban J connectivity index is 0.000000427. The maximum atomic E-state index is 5.34. The van der Waals surface area contributed by atoms with Gasteiger partial charge in [0.1, 0.15) is 0 Å². The van der Waals surface area contributed by atoms with Gasteiger partial charge in [-0.05, 0) is 110 Å². The van der Waals surface area contributed by atoms with E-state index in [0.717, 1.165) is 17.7 Å². The second-order valence-electron chi connectivity index (χ2n) is 14.1. The third-order valence-electron chi connectivity index (χ3n) is 9.92. The molecule has 0 radical (unpaired) electrons. The van der Waals surface area contributed by atoms with Crippen LogP contribution in [0, 0.1) is 6.07 Å². The van der Waals surface area contributed by atoms with Crippen molar-refractivity contribution in [3.8, 4) is 11.1 Å². The second-order valence-corrected chi connectivity index (χ2v) is 17.2. The van der Waals surface area contributed by atoms with Crippen molar-refractivity contribution in [2.45, 2.75) is 141 Å². The zero-order chi connectivity index (χ0) is 32.8. The number of hydrogen-bond acceptors (Lipinski definition) is 1. The zero-order valence-corrected chi connectivity index (χ0v) is 32.2. The topological polar surface area (TPSA) is 26.0 Å². The summed E-state index contributed by atoms with van der Waals surface area (Å²) in [6, 6.07) is 25.9. The van der Waals surface area contributed by atoms with Crippen LogP contribution in [-0.2, 0) is 24.6 Å². The van der Waals surface area contributed by atoms with E-state index in [0.29, 0.717) is 24.3 Å². The average Bonchev–Trinajstić information content (AvgIpc) is 3.07. The van der Waals surface area contributed by atoms with E-state index in [4.69, 9.17) is 5.73 Å². The van der Waals surface area contributed by atoms with Crippen molar-refractivity contribution >= 4 is 22.8 Å². The fourth-order valence-electron chi connectivity index (χ4n) is 7.56. The normalized spacial score (nSPS) is 16.0. The minimum atomic E-state index is -0.610. The van der Waals surface area contributed by atoms with Crippen molar-refractivity contribution in [1.29, 1.82) is 0 Å². The molecule has 2 aliphatic rings. The monoisotopic (exact) mass is 738 g/mol. The van der Waals surface area contributed by atoms with Gasteiger partial charge in [0, 0.05) is 13.5 Å². The van der Waals surface area contributed by atoms with Crippen LogP contribution in [0.2, 0.25) is 0 Å². The number of halogens is 1. The Hall–Kier alpha value is -0.998. The fourth-order valence-corrected chi connectivity index (χ4v) is 12.0. The van der Waals surface area contributed by atoms with Crippen LogP contribution in [-0.4, -0.2) is 17.9 Å². The summed E-state index contributed by atoms with van der Waals surface area (Å²) in [5.74, 6) is 1.65. The Kier molecular flexibility index (Phi) is 17.4. The summed E-state index contributed by atoms with van der Waals surface area (Å²) in [7, 11) is 3.88. The van der Waals surface area contributed by atoms with Crippen molar-refractivity contribution in [2.75, 3.05) is 6.54 Å². The molecule has 45 heavy (non-hydrogen) atoms. The first-order chi connectivity index (χ1) is 21.8. The summed E-state index contributed by atoms with van der Waals surface area (Å²) >= 11 is 2.22. The van der Waals surface area contributed by atoms with Crippen LogP contribution in [0.4, 0.5) is 0 Å². The van der Waals surface area contributed by atoms with Gasteiger partial charge in [0.05, 0.1) is 16.6 Å². The molecule has 3 aromatic carbocycles. The Labute approximate surface area is 293 Å². The number of nitrogens with two attached hydrogens (primary N) is 1. The Morgan fingerprint density at radius 2 is 1.24 bits per heavy atom. The van der Waals surface area contributed by atoms with Gasteiger partial charge in [0.2, 0.25) is 0 Å². The molecule has 0 saturated heterocycles. The molecule has 4 heteroatoms. The predicted octanol–water partition coefficient (Wildman–Crippen LogP) is 11.9. The van der Waals surface area contributed by atoms with Crippen molar-refractivity contribution < 1.29 is 18.2 Å². The van der Waals surface area contributed by atoms with Crippen molar-refractivity contribution in [1.82, 2.24) is 0 Å². The van der Waals surface area contributed by atoms with Crippen molar-refractivity contribution in [2.24, 2.45) is 5.73 Å². The predicted molar refractivity (Wildman–Crippen MR) is 200 cm³/mol. The molecule has 0 heterocycles. The summed E-state index contributed by atoms with van der Waals surface area (Å²) in [5, 5.41) is 1.78. The zero-order valence-electron chi connectivity index (χ0n) is 28.9. The minimum absolute atomic E-state index is 0.541. The first kappa shape index (κ1) is 38.5. The molecule has 0 aromatic heterocycles. The van der Waals surface area contributed by atoms with Crippen LogP contribution in [0.15, 0.2) is 60.7 Å². The number of benzene rings is 3. The summed E-state index contributed by atoms with van der Waals surface area (Å²) in [6.45, 7) is 15.0. The van der Waals surface area contributed by atoms with E-state index in [1.165, 1.54) is 75.3 Å². The molecule has 0 bridgehead atoms. The molecule has 2 saturated carbocycles. The van der Waals surface area contributed by atoms with Gasteiger partial charge >= 0.3 is 27.7 Å². The van der Waals surface area contributed by atoms with Crippen LogP contribution < -0.4 is 11.0 Å². The molecule has 0 unspecified atom stereocenters. The molecule has 250 valence electrons. The molecule has 2 fully saturated rings. The summed E-state index contributed by atoms with van der Waals surface area (Å²) in [4.78, 5) is 0. The Morgan fingerprint density at radius 1 is 0.733 bits per heavy atom. The van der Waals surface area contributed by atoms with Crippen LogP contribution in [0.5, 0.6) is 0 Å². The van der Waals surface area contributed by atoms with E-state index >= 15 is 0 Å². The van der Waals surface area contributed by atoms with Crippen LogP contribution in [0.1, 0.15) is 146 Å². The first-order valence-corrected chi connectivity index (χ1v) is 21.4. The van der Waals surface area contributed by atoms with Crippen LogP contribution >= 0.6 is 17.5 Å². The standard InChI is InChI=1S/C33H49P.C8H10N.ClH.Pd/c1-23(2)26-21-30(24(3)4)33(31(22-26)25(5)6)29-19-13-14-20-32(29)34(27-15-9-7-10-16-27)28-17-11-8-12-18-28;9-7-6-8-4-2-1-3-5-8;;/h13-14,19-25,27-28H,7-12,15-18H2,1-6H3;1-4H,6-7,9H2;1H;/q;-1;;+2. The van der Waals surface area contributed by atoms with Gasteiger partial charge in [-0.1, -0.05) is 84.7 Å². The van der Waals surface area contributed by atoms with E-state index in [-0.39, 0.29) is 0 Å². The molecule has 1 nitrogen and oxygen atoms in total. The molecule has 0 spiro atoms. The molecule has 0 amide bonds. The molecule has 0 aliphatic heterocycles. The molecular formula is C41H60ClNPPd+. The van der Waals surface area contributed by atoms with Gasteiger partial charge in [-0.25, -0.2) is 0 Å². The number of hydrogen-bond donors (Lipinski definition) is 1. The summed E-state index contributed by atoms with van der Waals surface area (Å²) < 4.78 is 0. The van der Waals surface area contributed by atoms with E-state index < -0.39 is 7.92 Å². The Bertz CT molecular complexity index is 1200. The fraction of sp³-hybridized carbons (Fsp3) is 0.561. The molecular weight excluding hydrogens is 679 g/mol. The third-order valence-corrected chi connectivity index (χ3v) is 13.9. The SMILES string of the molecule is CC(C)c1cc(C(C)C)c(-c2ccccc2[PH+](C2CCCCC2)C2CCCCC2)c(C(C)C)c1.NCCc1[c-]cccc1.[Cl][Pd+]. The van der Waals surface area contributed by atoms with E-state index in [1.54, 1.807) is 27.6 Å². The molecule has 2 N–H and O–H groups in total. The maximum absolute atomic E-state index is 5.34. The molecule has 2 aliphatic carbocycles. The third kappa shape index (κ3) is 11.0. The quantitative estimate of drug-likeness (QED) is 0.132. The molecule has 0 atom stereocenters. The van der Waals surface area contributed by atoms with E-state index in [1.807, 2.05) is 24.3 Å². The van der Waals surface area contributed by atoms with Gasteiger partial charge in [-0.2, -0.15) is 35.9 Å². The second kappa shape index (κ2) is 20.4. The van der Waals surface area contributed by atoms with Gasteiger partial charge in [-0.3, -0.25) is 0 Å². The molecule has 3 aromatic rings. The number of rotatable bonds is 9. The van der Waals surface area contributed by atoms with Gasteiger partial charge in [0.15, 0.2) is 0 Å². The van der Waals surface area contributed by atoms with Gasteiger partial charge < -0.3 is 5.73 Å². The summed E-state index contributed by atoms with van der Waals surface area (Å²) in [5.41, 5.74) is 16.4. The summed E-state index contributed by atoms with van der Waals surface area (Å²) in [6.07, 6.45) is 15.7. The van der Waals surface area contributed by atoms with Crippen molar-refractivity contribution in [3.63, 3.8) is 0 Å².